The molecule has 3 heterocycles. The fraction of sp³-hybridized carbons (Fsp3) is 0.450. The zero-order valence-corrected chi connectivity index (χ0v) is 18.2. The summed E-state index contributed by atoms with van der Waals surface area (Å²) in [5.74, 6) is 2.08. The minimum atomic E-state index is -3.65. The van der Waals surface area contributed by atoms with Gasteiger partial charge >= 0.3 is 0 Å². The molecule has 2 aliphatic heterocycles. The van der Waals surface area contributed by atoms with Crippen molar-refractivity contribution in [2.75, 3.05) is 54.9 Å². The van der Waals surface area contributed by atoms with Gasteiger partial charge in [0, 0.05) is 44.4 Å². The lowest BCUT2D eigenvalue weighted by Crippen LogP contribution is -2.37. The molecule has 11 heteroatoms. The Morgan fingerprint density at radius 3 is 2.74 bits per heavy atom. The van der Waals surface area contributed by atoms with Gasteiger partial charge in [0.1, 0.15) is 17.5 Å². The number of amides is 1. The van der Waals surface area contributed by atoms with Gasteiger partial charge in [-0.3, -0.25) is 4.79 Å². The van der Waals surface area contributed by atoms with E-state index in [9.17, 15) is 13.2 Å². The summed E-state index contributed by atoms with van der Waals surface area (Å²) in [6.45, 7) is 5.30. The number of hydrogen-bond acceptors (Lipinski definition) is 8. The molecule has 3 N–H and O–H groups in total. The summed E-state index contributed by atoms with van der Waals surface area (Å²) in [5.41, 5.74) is 1.50. The van der Waals surface area contributed by atoms with Crippen LogP contribution in [-0.4, -0.2) is 63.7 Å². The Morgan fingerprint density at radius 1 is 1.13 bits per heavy atom. The highest BCUT2D eigenvalue weighted by Crippen LogP contribution is 2.25. The number of nitrogens with one attached hydrogen (secondary N) is 3. The van der Waals surface area contributed by atoms with Crippen molar-refractivity contribution in [2.24, 2.45) is 0 Å². The third kappa shape index (κ3) is 5.30. The van der Waals surface area contributed by atoms with Crippen molar-refractivity contribution in [3.05, 3.63) is 35.7 Å². The van der Waals surface area contributed by atoms with Crippen LogP contribution in [0.3, 0.4) is 0 Å². The van der Waals surface area contributed by atoms with Crippen molar-refractivity contribution >= 4 is 33.3 Å². The molecule has 1 amide bonds. The first-order chi connectivity index (χ1) is 14.9. The summed E-state index contributed by atoms with van der Waals surface area (Å²) in [6, 6.07) is 6.62. The molecule has 0 bridgehead atoms. The predicted molar refractivity (Wildman–Crippen MR) is 117 cm³/mol. The second kappa shape index (κ2) is 9.16. The second-order valence-electron chi connectivity index (χ2n) is 7.45. The van der Waals surface area contributed by atoms with E-state index in [1.807, 2.05) is 13.0 Å². The monoisotopic (exact) mass is 446 g/mol. The number of nitrogens with zero attached hydrogens (tertiary/aromatic N) is 3. The van der Waals surface area contributed by atoms with Gasteiger partial charge in [-0.05, 0) is 37.1 Å². The van der Waals surface area contributed by atoms with Crippen molar-refractivity contribution in [1.82, 2.24) is 14.7 Å². The van der Waals surface area contributed by atoms with Gasteiger partial charge in [-0.1, -0.05) is 0 Å². The molecule has 1 saturated heterocycles. The number of carbonyl (C=O) groups excluding carboxylic acids is 1. The fourth-order valence-corrected chi connectivity index (χ4v) is 4.67. The summed E-state index contributed by atoms with van der Waals surface area (Å²) in [6.07, 6.45) is 0.892. The average molecular weight is 447 g/mol. The Hall–Kier alpha value is -2.76. The molecule has 2 aliphatic rings. The first kappa shape index (κ1) is 21.5. The summed E-state index contributed by atoms with van der Waals surface area (Å²) in [5, 5.41) is 5.92. The Bertz CT molecular complexity index is 1070. The van der Waals surface area contributed by atoms with E-state index >= 15 is 0 Å². The lowest BCUT2D eigenvalue weighted by atomic mass is 10.0. The van der Waals surface area contributed by atoms with E-state index in [4.69, 9.17) is 4.74 Å². The summed E-state index contributed by atoms with van der Waals surface area (Å²) in [7, 11) is -3.65. The smallest absolute Gasteiger partial charge is 0.240 e. The zero-order chi connectivity index (χ0) is 21.8. The van der Waals surface area contributed by atoms with Crippen LogP contribution < -0.4 is 20.3 Å². The second-order valence-corrected chi connectivity index (χ2v) is 9.22. The number of ether oxygens (including phenoxy) is 1. The van der Waals surface area contributed by atoms with Crippen LogP contribution in [0.15, 0.2) is 29.2 Å². The maximum Gasteiger partial charge on any atom is 0.240 e. The van der Waals surface area contributed by atoms with Crippen LogP contribution in [0.1, 0.15) is 17.8 Å². The van der Waals surface area contributed by atoms with Crippen LogP contribution in [-0.2, 0) is 26.0 Å². The van der Waals surface area contributed by atoms with E-state index in [1.165, 1.54) is 6.07 Å². The molecule has 0 saturated carbocycles. The van der Waals surface area contributed by atoms with Crippen LogP contribution in [0.4, 0.5) is 17.3 Å². The molecular formula is C20H26N6O4S. The maximum atomic E-state index is 12.6. The van der Waals surface area contributed by atoms with Crippen molar-refractivity contribution in [1.29, 1.82) is 0 Å². The van der Waals surface area contributed by atoms with E-state index in [2.05, 4.69) is 30.2 Å². The van der Waals surface area contributed by atoms with Gasteiger partial charge in [0.2, 0.25) is 15.9 Å². The molecule has 0 atom stereocenters. The standard InChI is InChI=1S/C20H26N6O4S/c1-14-23-18(13-19(24-14)26-8-10-30-11-9-26)21-6-7-22-31(28,29)16-3-4-17-15(12-16)2-5-20(27)25-17/h3-4,12-13,22H,2,5-11H2,1H3,(H,25,27)(H,21,23,24). The zero-order valence-electron chi connectivity index (χ0n) is 17.3. The van der Waals surface area contributed by atoms with Gasteiger partial charge in [-0.15, -0.1) is 0 Å². The molecular weight excluding hydrogens is 420 g/mol. The molecule has 0 spiro atoms. The van der Waals surface area contributed by atoms with Crippen molar-refractivity contribution < 1.29 is 17.9 Å². The van der Waals surface area contributed by atoms with E-state index in [-0.39, 0.29) is 17.3 Å². The van der Waals surface area contributed by atoms with E-state index in [0.29, 0.717) is 49.9 Å². The van der Waals surface area contributed by atoms with Gasteiger partial charge in [-0.2, -0.15) is 0 Å². The van der Waals surface area contributed by atoms with Crippen LogP contribution in [0.2, 0.25) is 0 Å². The lowest BCUT2D eigenvalue weighted by molar-refractivity contribution is -0.116. The number of aromatic nitrogens is 2. The minimum absolute atomic E-state index is 0.0518. The van der Waals surface area contributed by atoms with Crippen LogP contribution in [0.25, 0.3) is 0 Å². The molecule has 0 unspecified atom stereocenters. The molecule has 0 aliphatic carbocycles. The van der Waals surface area contributed by atoms with Crippen molar-refractivity contribution in [2.45, 2.75) is 24.7 Å². The third-order valence-corrected chi connectivity index (χ3v) is 6.62. The summed E-state index contributed by atoms with van der Waals surface area (Å²) in [4.78, 5) is 22.7. The minimum Gasteiger partial charge on any atom is -0.378 e. The molecule has 1 fully saturated rings. The topological polar surface area (TPSA) is 126 Å². The van der Waals surface area contributed by atoms with Gasteiger partial charge in [0.05, 0.1) is 18.1 Å². The Morgan fingerprint density at radius 2 is 1.94 bits per heavy atom. The number of aryl methyl sites for hydroxylation is 2. The molecule has 1 aromatic heterocycles. The van der Waals surface area contributed by atoms with Gasteiger partial charge in [-0.25, -0.2) is 23.1 Å². The predicted octanol–water partition coefficient (Wildman–Crippen LogP) is 0.897. The van der Waals surface area contributed by atoms with E-state index in [0.717, 1.165) is 24.5 Å². The van der Waals surface area contributed by atoms with Crippen LogP contribution in [0.5, 0.6) is 0 Å². The Balaban J connectivity index is 1.34. The first-order valence-electron chi connectivity index (χ1n) is 10.3. The number of fused-ring (bicyclic) bond motifs is 1. The maximum absolute atomic E-state index is 12.6. The van der Waals surface area contributed by atoms with Gasteiger partial charge in [0.15, 0.2) is 0 Å². The Labute approximate surface area is 181 Å². The van der Waals surface area contributed by atoms with Crippen molar-refractivity contribution in [3.63, 3.8) is 0 Å². The highest BCUT2D eigenvalue weighted by Gasteiger charge is 2.20. The van der Waals surface area contributed by atoms with Crippen molar-refractivity contribution in [3.8, 4) is 0 Å². The fourth-order valence-electron chi connectivity index (χ4n) is 3.58. The number of rotatable bonds is 7. The number of sulfonamides is 1. The molecule has 10 nitrogen and oxygen atoms in total. The molecule has 4 rings (SSSR count). The molecule has 0 radical (unpaired) electrons. The number of benzene rings is 1. The Kier molecular flexibility index (Phi) is 6.35. The third-order valence-electron chi connectivity index (χ3n) is 5.17. The molecule has 1 aromatic carbocycles. The first-order valence-corrected chi connectivity index (χ1v) is 11.7. The summed E-state index contributed by atoms with van der Waals surface area (Å²) >= 11 is 0. The van der Waals surface area contributed by atoms with Crippen LogP contribution in [0, 0.1) is 6.92 Å². The number of carbonyl (C=O) groups is 1. The number of morpholine rings is 1. The van der Waals surface area contributed by atoms with Gasteiger partial charge in [0.25, 0.3) is 0 Å². The molecule has 166 valence electrons. The van der Waals surface area contributed by atoms with Crippen LogP contribution >= 0.6 is 0 Å². The van der Waals surface area contributed by atoms with Gasteiger partial charge < -0.3 is 20.3 Å². The highest BCUT2D eigenvalue weighted by molar-refractivity contribution is 7.89. The highest BCUT2D eigenvalue weighted by atomic mass is 32.2. The van der Waals surface area contributed by atoms with E-state index in [1.54, 1.807) is 12.1 Å². The normalized spacial score (nSPS) is 16.5. The SMILES string of the molecule is Cc1nc(NCCNS(=O)(=O)c2ccc3c(c2)CCC(=O)N3)cc(N2CCOCC2)n1. The largest absolute Gasteiger partial charge is 0.378 e. The molecule has 31 heavy (non-hydrogen) atoms. The summed E-state index contributed by atoms with van der Waals surface area (Å²) < 4.78 is 33.3. The quantitative estimate of drug-likeness (QED) is 0.536. The lowest BCUT2D eigenvalue weighted by Gasteiger charge is -2.28. The number of anilines is 3. The number of hydrogen-bond donors (Lipinski definition) is 3. The molecule has 2 aromatic rings. The average Bonchev–Trinajstić information content (AvgIpc) is 2.76. The van der Waals surface area contributed by atoms with E-state index < -0.39 is 10.0 Å².